The summed E-state index contributed by atoms with van der Waals surface area (Å²) >= 11 is 0. The third kappa shape index (κ3) is 3.26. The molecule has 0 unspecified atom stereocenters. The van der Waals surface area contributed by atoms with Gasteiger partial charge in [0.15, 0.2) is 0 Å². The maximum absolute atomic E-state index is 10.1. The zero-order valence-corrected chi connectivity index (χ0v) is 7.28. The quantitative estimate of drug-likeness (QED) is 0.672. The maximum Gasteiger partial charge on any atom is 0.341 e. The Balaban J connectivity index is 2.54. The van der Waals surface area contributed by atoms with Gasteiger partial charge in [-0.05, 0) is 12.1 Å². The lowest BCUT2D eigenvalue weighted by atomic mass is 10.3. The minimum absolute atomic E-state index is 0.560. The standard InChI is InChI=1S/C8H8NO2P/c10-12(11)7-3-5-8-4-1-2-6-9-8/h1-4,6-7H,5H2. The molecular formula is C8H8NO2P. The van der Waals surface area contributed by atoms with Crippen molar-refractivity contribution in [1.29, 1.82) is 0 Å². The summed E-state index contributed by atoms with van der Waals surface area (Å²) in [6.07, 6.45) is 3.82. The number of allylic oxidation sites excluding steroid dienone is 1. The van der Waals surface area contributed by atoms with Crippen molar-refractivity contribution in [2.45, 2.75) is 6.42 Å². The fourth-order valence-corrected chi connectivity index (χ4v) is 1.06. The molecule has 1 aromatic heterocycles. The molecule has 4 heteroatoms. The van der Waals surface area contributed by atoms with Crippen LogP contribution in [0.3, 0.4) is 0 Å². The van der Waals surface area contributed by atoms with E-state index in [-0.39, 0.29) is 0 Å². The minimum Gasteiger partial charge on any atom is -0.261 e. The Kier molecular flexibility index (Phi) is 3.42. The molecule has 0 saturated carbocycles. The summed E-state index contributed by atoms with van der Waals surface area (Å²) in [5.74, 6) is 1.16. The third-order valence-electron chi connectivity index (χ3n) is 1.28. The predicted octanol–water partition coefficient (Wildman–Crippen LogP) is 2.31. The molecule has 0 radical (unpaired) electrons. The van der Waals surface area contributed by atoms with Crippen LogP contribution in [0.5, 0.6) is 0 Å². The minimum atomic E-state index is -2.41. The fourth-order valence-electron chi connectivity index (χ4n) is 0.778. The summed E-state index contributed by atoms with van der Waals surface area (Å²) in [7, 11) is -2.41. The van der Waals surface area contributed by atoms with E-state index in [1.807, 2.05) is 18.2 Å². The highest BCUT2D eigenvalue weighted by Crippen LogP contribution is 2.05. The smallest absolute Gasteiger partial charge is 0.261 e. The van der Waals surface area contributed by atoms with Gasteiger partial charge in [-0.1, -0.05) is 12.1 Å². The van der Waals surface area contributed by atoms with Gasteiger partial charge in [0.1, 0.15) is 0 Å². The number of hydrogen-bond donors (Lipinski definition) is 0. The summed E-state index contributed by atoms with van der Waals surface area (Å²) in [6, 6.07) is 5.54. The first-order valence-electron chi connectivity index (χ1n) is 3.49. The molecule has 0 aliphatic rings. The molecule has 0 atom stereocenters. The van der Waals surface area contributed by atoms with Gasteiger partial charge in [-0.15, -0.1) is 0 Å². The van der Waals surface area contributed by atoms with Crippen LogP contribution in [0.2, 0.25) is 0 Å². The molecule has 0 amide bonds. The Morgan fingerprint density at radius 1 is 1.42 bits per heavy atom. The van der Waals surface area contributed by atoms with Gasteiger partial charge < -0.3 is 0 Å². The van der Waals surface area contributed by atoms with E-state index in [1.165, 1.54) is 0 Å². The van der Waals surface area contributed by atoms with Crippen LogP contribution >= 0.6 is 7.68 Å². The average Bonchev–Trinajstić information content (AvgIpc) is 2.05. The Morgan fingerprint density at radius 3 is 2.83 bits per heavy atom. The summed E-state index contributed by atoms with van der Waals surface area (Å²) < 4.78 is 20.2. The lowest BCUT2D eigenvalue weighted by Crippen LogP contribution is -1.83. The van der Waals surface area contributed by atoms with Crippen molar-refractivity contribution < 1.29 is 9.13 Å². The SMILES string of the molecule is O=P(=O)C=CCc1ccccn1. The lowest BCUT2D eigenvalue weighted by molar-refractivity contribution is 0.522. The van der Waals surface area contributed by atoms with E-state index in [9.17, 15) is 9.13 Å². The first-order valence-corrected chi connectivity index (χ1v) is 4.74. The molecule has 1 rings (SSSR count). The molecular weight excluding hydrogens is 173 g/mol. The molecule has 12 heavy (non-hydrogen) atoms. The molecule has 0 saturated heterocycles. The van der Waals surface area contributed by atoms with Gasteiger partial charge in [0.25, 0.3) is 0 Å². The summed E-state index contributed by atoms with van der Waals surface area (Å²) in [5, 5.41) is 0. The Labute approximate surface area is 71.0 Å². The van der Waals surface area contributed by atoms with Crippen LogP contribution < -0.4 is 0 Å². The first-order chi connectivity index (χ1) is 5.79. The first kappa shape index (κ1) is 8.88. The average molecular weight is 181 g/mol. The summed E-state index contributed by atoms with van der Waals surface area (Å²) in [4.78, 5) is 4.03. The Bertz CT molecular complexity index is 322. The molecule has 0 aliphatic heterocycles. The van der Waals surface area contributed by atoms with E-state index >= 15 is 0 Å². The van der Waals surface area contributed by atoms with Gasteiger partial charge in [-0.2, -0.15) is 0 Å². The number of nitrogens with zero attached hydrogens (tertiary/aromatic N) is 1. The highest BCUT2D eigenvalue weighted by molar-refractivity contribution is 7.34. The van der Waals surface area contributed by atoms with Crippen LogP contribution in [0, 0.1) is 0 Å². The van der Waals surface area contributed by atoms with Crippen LogP contribution in [-0.4, -0.2) is 4.98 Å². The highest BCUT2D eigenvalue weighted by Gasteiger charge is 1.87. The van der Waals surface area contributed by atoms with E-state index in [0.717, 1.165) is 11.5 Å². The van der Waals surface area contributed by atoms with Crippen LogP contribution in [-0.2, 0) is 15.6 Å². The van der Waals surface area contributed by atoms with Gasteiger partial charge in [0, 0.05) is 24.1 Å². The molecule has 3 nitrogen and oxygen atoms in total. The van der Waals surface area contributed by atoms with Crippen LogP contribution in [0.15, 0.2) is 36.3 Å². The van der Waals surface area contributed by atoms with Crippen molar-refractivity contribution in [1.82, 2.24) is 4.98 Å². The second-order valence-corrected chi connectivity index (χ2v) is 3.06. The zero-order valence-electron chi connectivity index (χ0n) is 6.38. The van der Waals surface area contributed by atoms with E-state index in [1.54, 1.807) is 12.3 Å². The van der Waals surface area contributed by atoms with Crippen LogP contribution in [0.4, 0.5) is 0 Å². The van der Waals surface area contributed by atoms with Gasteiger partial charge in [-0.25, -0.2) is 9.13 Å². The van der Waals surface area contributed by atoms with Gasteiger partial charge in [0.2, 0.25) is 0 Å². The van der Waals surface area contributed by atoms with E-state index < -0.39 is 7.68 Å². The number of rotatable bonds is 3. The van der Waals surface area contributed by atoms with Crippen LogP contribution in [0.1, 0.15) is 5.69 Å². The Hall–Kier alpha value is -1.21. The zero-order chi connectivity index (χ0) is 8.81. The van der Waals surface area contributed by atoms with Crippen molar-refractivity contribution in [3.63, 3.8) is 0 Å². The molecule has 0 aliphatic carbocycles. The highest BCUT2D eigenvalue weighted by atomic mass is 31.1. The van der Waals surface area contributed by atoms with Crippen molar-refractivity contribution in [2.75, 3.05) is 0 Å². The molecule has 0 bridgehead atoms. The largest absolute Gasteiger partial charge is 0.341 e. The van der Waals surface area contributed by atoms with E-state index in [2.05, 4.69) is 4.98 Å². The number of pyridine rings is 1. The summed E-state index contributed by atoms with van der Waals surface area (Å²) in [5.41, 5.74) is 0.866. The van der Waals surface area contributed by atoms with Crippen molar-refractivity contribution in [2.24, 2.45) is 0 Å². The molecule has 0 spiro atoms. The molecule has 0 N–H and O–H groups in total. The normalized spacial score (nSPS) is 10.3. The number of aromatic nitrogens is 1. The van der Waals surface area contributed by atoms with Gasteiger partial charge in [0.05, 0.1) is 0 Å². The van der Waals surface area contributed by atoms with Crippen molar-refractivity contribution in [3.8, 4) is 0 Å². The monoisotopic (exact) mass is 181 g/mol. The third-order valence-corrected chi connectivity index (χ3v) is 1.73. The van der Waals surface area contributed by atoms with E-state index in [4.69, 9.17) is 0 Å². The predicted molar refractivity (Wildman–Crippen MR) is 45.4 cm³/mol. The van der Waals surface area contributed by atoms with Gasteiger partial charge >= 0.3 is 7.68 Å². The van der Waals surface area contributed by atoms with E-state index in [0.29, 0.717) is 6.42 Å². The molecule has 1 heterocycles. The van der Waals surface area contributed by atoms with Crippen molar-refractivity contribution >= 4 is 7.68 Å². The second kappa shape index (κ2) is 4.62. The topological polar surface area (TPSA) is 47.0 Å². The maximum atomic E-state index is 10.1. The van der Waals surface area contributed by atoms with Gasteiger partial charge in [-0.3, -0.25) is 4.98 Å². The molecule has 1 aromatic rings. The number of hydrogen-bond acceptors (Lipinski definition) is 3. The van der Waals surface area contributed by atoms with Crippen molar-refractivity contribution in [3.05, 3.63) is 42.0 Å². The lowest BCUT2D eigenvalue weighted by Gasteiger charge is -1.90. The van der Waals surface area contributed by atoms with Crippen LogP contribution in [0.25, 0.3) is 0 Å². The second-order valence-electron chi connectivity index (χ2n) is 2.20. The Morgan fingerprint density at radius 2 is 2.25 bits per heavy atom. The molecule has 62 valence electrons. The molecule has 0 aromatic carbocycles. The summed E-state index contributed by atoms with van der Waals surface area (Å²) in [6.45, 7) is 0. The molecule has 0 fully saturated rings. The fraction of sp³-hybridized carbons (Fsp3) is 0.125.